The van der Waals surface area contributed by atoms with E-state index in [1.165, 1.54) is 0 Å². The van der Waals surface area contributed by atoms with E-state index in [0.29, 0.717) is 72.0 Å². The van der Waals surface area contributed by atoms with E-state index in [2.05, 4.69) is 26.4 Å². The molecule has 252 valence electrons. The lowest BCUT2D eigenvalue weighted by atomic mass is 9.98. The highest BCUT2D eigenvalue weighted by molar-refractivity contribution is 6.39. The Morgan fingerprint density at radius 1 is 0.796 bits per heavy atom. The summed E-state index contributed by atoms with van der Waals surface area (Å²) in [6.45, 7) is 2.49. The number of fused-ring (bicyclic) bond motifs is 1. The number of carbonyl (C=O) groups is 2. The first kappa shape index (κ1) is 33.0. The van der Waals surface area contributed by atoms with Gasteiger partial charge in [0.2, 0.25) is 17.7 Å². The van der Waals surface area contributed by atoms with Gasteiger partial charge < -0.3 is 26.0 Å². The van der Waals surface area contributed by atoms with Crippen LogP contribution in [-0.4, -0.2) is 63.7 Å². The summed E-state index contributed by atoms with van der Waals surface area (Å²) >= 11 is 14.2. The Bertz CT molecular complexity index is 2030. The Morgan fingerprint density at radius 3 is 1.98 bits per heavy atom. The molecule has 0 radical (unpaired) electrons. The molecular weight excluding hydrogens is 663 g/mol. The van der Waals surface area contributed by atoms with Crippen LogP contribution in [0.25, 0.3) is 39.3 Å². The maximum absolute atomic E-state index is 11.5. The second-order valence-corrected chi connectivity index (χ2v) is 13.1. The molecule has 3 aromatic heterocycles. The monoisotopic (exact) mass is 698 g/mol. The number of aromatic nitrogens is 4. The van der Waals surface area contributed by atoms with Crippen LogP contribution >= 0.6 is 23.2 Å². The SMILES string of the molecule is COc1nc(-c2cccc(-c3cccc(-c4ccn5nc(CNC[C@H]6CCC(=O)N6)cc5n4)c3Cl)c2Cl)ccc1CNC[C@@H]1CCC(=O)N1. The summed E-state index contributed by atoms with van der Waals surface area (Å²) in [5, 5.41) is 18.4. The number of benzene rings is 2. The lowest BCUT2D eigenvalue weighted by Crippen LogP contribution is -2.35. The molecule has 0 aliphatic carbocycles. The number of amides is 2. The van der Waals surface area contributed by atoms with Crippen LogP contribution in [0.3, 0.4) is 0 Å². The molecule has 2 fully saturated rings. The Balaban J connectivity index is 1.09. The van der Waals surface area contributed by atoms with Crippen molar-refractivity contribution in [3.63, 3.8) is 0 Å². The predicted molar refractivity (Wildman–Crippen MR) is 189 cm³/mol. The lowest BCUT2D eigenvalue weighted by molar-refractivity contribution is -0.120. The lowest BCUT2D eigenvalue weighted by Gasteiger charge is -2.15. The summed E-state index contributed by atoms with van der Waals surface area (Å²) in [6.07, 6.45) is 4.71. The maximum Gasteiger partial charge on any atom is 0.220 e. The van der Waals surface area contributed by atoms with Crippen molar-refractivity contribution in [3.8, 4) is 39.5 Å². The van der Waals surface area contributed by atoms with Gasteiger partial charge in [0.05, 0.1) is 34.2 Å². The largest absolute Gasteiger partial charge is 0.481 e. The van der Waals surface area contributed by atoms with E-state index in [9.17, 15) is 9.59 Å². The van der Waals surface area contributed by atoms with E-state index < -0.39 is 0 Å². The second-order valence-electron chi connectivity index (χ2n) is 12.3. The highest BCUT2D eigenvalue weighted by Crippen LogP contribution is 2.42. The quantitative estimate of drug-likeness (QED) is 0.140. The molecule has 7 rings (SSSR count). The summed E-state index contributed by atoms with van der Waals surface area (Å²) in [4.78, 5) is 32.6. The van der Waals surface area contributed by atoms with Gasteiger partial charge in [-0.25, -0.2) is 14.5 Å². The van der Waals surface area contributed by atoms with Crippen molar-refractivity contribution in [1.82, 2.24) is 40.8 Å². The van der Waals surface area contributed by atoms with Gasteiger partial charge >= 0.3 is 0 Å². The van der Waals surface area contributed by atoms with Crippen LogP contribution in [0.15, 0.2) is 66.9 Å². The number of ether oxygens (including phenoxy) is 1. The Kier molecular flexibility index (Phi) is 9.77. The first-order valence-corrected chi connectivity index (χ1v) is 17.1. The molecule has 2 aliphatic rings. The van der Waals surface area contributed by atoms with E-state index in [0.717, 1.165) is 46.4 Å². The molecule has 0 saturated carbocycles. The van der Waals surface area contributed by atoms with E-state index in [1.807, 2.05) is 66.9 Å². The summed E-state index contributed by atoms with van der Waals surface area (Å²) < 4.78 is 7.39. The van der Waals surface area contributed by atoms with Crippen LogP contribution in [0.1, 0.15) is 36.9 Å². The van der Waals surface area contributed by atoms with Gasteiger partial charge in [0.15, 0.2) is 5.65 Å². The van der Waals surface area contributed by atoms with Gasteiger partial charge in [-0.1, -0.05) is 65.7 Å². The molecule has 4 N–H and O–H groups in total. The van der Waals surface area contributed by atoms with Crippen LogP contribution in [0, 0.1) is 0 Å². The molecule has 2 saturated heterocycles. The molecule has 13 heteroatoms. The number of carbonyl (C=O) groups excluding carboxylic acids is 2. The number of rotatable bonds is 12. The first-order valence-electron chi connectivity index (χ1n) is 16.3. The number of halogens is 2. The third-order valence-corrected chi connectivity index (χ3v) is 9.73. The van der Waals surface area contributed by atoms with Crippen LogP contribution in [0.4, 0.5) is 0 Å². The molecule has 0 unspecified atom stereocenters. The van der Waals surface area contributed by atoms with Crippen molar-refractivity contribution < 1.29 is 14.3 Å². The Morgan fingerprint density at radius 2 is 1.39 bits per heavy atom. The fraction of sp³-hybridized carbons (Fsp3) is 0.306. The van der Waals surface area contributed by atoms with Crippen molar-refractivity contribution in [3.05, 3.63) is 88.2 Å². The van der Waals surface area contributed by atoms with Gasteiger partial charge in [0.25, 0.3) is 0 Å². The van der Waals surface area contributed by atoms with Gasteiger partial charge in [-0.2, -0.15) is 5.10 Å². The molecule has 0 spiro atoms. The van der Waals surface area contributed by atoms with Gasteiger partial charge in [0.1, 0.15) is 0 Å². The summed E-state index contributed by atoms with van der Waals surface area (Å²) in [5.74, 6) is 0.710. The summed E-state index contributed by atoms with van der Waals surface area (Å²) in [7, 11) is 1.60. The fourth-order valence-electron chi connectivity index (χ4n) is 6.39. The van der Waals surface area contributed by atoms with Crippen molar-refractivity contribution in [1.29, 1.82) is 0 Å². The number of nitrogens with one attached hydrogen (secondary N) is 4. The number of pyridine rings is 1. The molecule has 5 heterocycles. The molecule has 49 heavy (non-hydrogen) atoms. The van der Waals surface area contributed by atoms with Crippen molar-refractivity contribution in [2.75, 3.05) is 20.2 Å². The number of methoxy groups -OCH3 is 1. The minimum atomic E-state index is 0.0995. The topological polar surface area (TPSA) is 135 Å². The van der Waals surface area contributed by atoms with Gasteiger partial charge in [-0.15, -0.1) is 0 Å². The Labute approximate surface area is 293 Å². The molecule has 2 aliphatic heterocycles. The zero-order valence-corrected chi connectivity index (χ0v) is 28.4. The summed E-state index contributed by atoms with van der Waals surface area (Å²) in [6, 6.07) is 19.7. The number of hydrogen-bond acceptors (Lipinski definition) is 8. The van der Waals surface area contributed by atoms with Crippen LogP contribution in [-0.2, 0) is 22.7 Å². The minimum absolute atomic E-state index is 0.0995. The highest BCUT2D eigenvalue weighted by atomic mass is 35.5. The molecule has 2 amide bonds. The molecule has 11 nitrogen and oxygen atoms in total. The van der Waals surface area contributed by atoms with Crippen LogP contribution in [0.2, 0.25) is 10.0 Å². The zero-order chi connectivity index (χ0) is 33.9. The van der Waals surface area contributed by atoms with Crippen LogP contribution < -0.4 is 26.0 Å². The predicted octanol–water partition coefficient (Wildman–Crippen LogP) is 5.18. The van der Waals surface area contributed by atoms with Crippen molar-refractivity contribution in [2.45, 2.75) is 50.9 Å². The average Bonchev–Trinajstić information content (AvgIpc) is 3.84. The fourth-order valence-corrected chi connectivity index (χ4v) is 7.04. The van der Waals surface area contributed by atoms with Gasteiger partial charge in [-0.05, 0) is 25.0 Å². The smallest absolute Gasteiger partial charge is 0.220 e. The molecule has 2 atom stereocenters. The third-order valence-electron chi connectivity index (χ3n) is 8.92. The van der Waals surface area contributed by atoms with E-state index in [1.54, 1.807) is 11.6 Å². The van der Waals surface area contributed by atoms with Gasteiger partial charge in [0, 0.05) is 91.2 Å². The summed E-state index contributed by atoms with van der Waals surface area (Å²) in [5.41, 5.74) is 6.92. The molecule has 2 aromatic carbocycles. The van der Waals surface area contributed by atoms with Gasteiger partial charge in [-0.3, -0.25) is 9.59 Å². The van der Waals surface area contributed by atoms with Crippen molar-refractivity contribution >= 4 is 40.7 Å². The molecule has 5 aromatic rings. The standard InChI is InChI=1S/C36H36Cl2N8O3/c1-49-36-21(17-39-18-22-9-12-32(47)41-22)8-11-29(44-36)27-6-2-4-25(34(27)37)26-5-3-7-28(35(26)38)30-14-15-46-31(43-30)16-24(45-46)20-40-19-23-10-13-33(48)42-23/h2-8,11,14-16,22-23,39-40H,9-10,12-13,17-20H2,1H3,(H,41,47)(H,42,48)/t22-,23+/m0/s1. The second kappa shape index (κ2) is 14.5. The van der Waals surface area contributed by atoms with Crippen molar-refractivity contribution in [2.24, 2.45) is 0 Å². The zero-order valence-electron chi connectivity index (χ0n) is 26.9. The Hall–Kier alpha value is -4.55. The van der Waals surface area contributed by atoms with E-state index in [4.69, 9.17) is 37.9 Å². The minimum Gasteiger partial charge on any atom is -0.481 e. The third kappa shape index (κ3) is 7.25. The maximum atomic E-state index is 11.5. The number of nitrogens with zero attached hydrogens (tertiary/aromatic N) is 4. The molecular formula is C36H36Cl2N8O3. The average molecular weight is 700 g/mol. The highest BCUT2D eigenvalue weighted by Gasteiger charge is 2.22. The first-order chi connectivity index (χ1) is 23.9. The van der Waals surface area contributed by atoms with E-state index in [-0.39, 0.29) is 23.9 Å². The number of hydrogen-bond donors (Lipinski definition) is 4. The normalized spacial score (nSPS) is 17.4. The van der Waals surface area contributed by atoms with E-state index >= 15 is 0 Å². The van der Waals surface area contributed by atoms with Crippen LogP contribution in [0.5, 0.6) is 5.88 Å². The molecule has 0 bridgehead atoms.